The highest BCUT2D eigenvalue weighted by Gasteiger charge is 2.12. The number of nitrogens with zero attached hydrogens (tertiary/aromatic N) is 4. The van der Waals surface area contributed by atoms with Crippen molar-refractivity contribution in [3.05, 3.63) is 108 Å². The molecule has 0 unspecified atom stereocenters. The Balaban J connectivity index is 1.63. The number of nitriles is 2. The Morgan fingerprint density at radius 3 is 1.35 bits per heavy atom. The van der Waals surface area contributed by atoms with Gasteiger partial charge in [0, 0.05) is 23.5 Å². The summed E-state index contributed by atoms with van der Waals surface area (Å²) < 4.78 is 0. The van der Waals surface area contributed by atoms with Crippen molar-refractivity contribution in [1.82, 2.24) is 9.97 Å². The molecule has 156 valence electrons. The normalized spacial score (nSPS) is 10.9. The van der Waals surface area contributed by atoms with Gasteiger partial charge < -0.3 is 0 Å². The number of fused-ring (bicyclic) bond motifs is 6. The summed E-state index contributed by atoms with van der Waals surface area (Å²) >= 11 is 0. The van der Waals surface area contributed by atoms with Crippen molar-refractivity contribution in [3.8, 4) is 34.7 Å². The van der Waals surface area contributed by atoms with E-state index in [1.807, 2.05) is 12.1 Å². The first kappa shape index (κ1) is 19.6. The molecule has 0 radical (unpaired) electrons. The second kappa shape index (κ2) is 7.81. The molecule has 34 heavy (non-hydrogen) atoms. The second-order valence-corrected chi connectivity index (χ2v) is 8.15. The molecule has 6 rings (SSSR count). The summed E-state index contributed by atoms with van der Waals surface area (Å²) in [5.41, 5.74) is 4.70. The monoisotopic (exact) mass is 432 g/mol. The van der Waals surface area contributed by atoms with Gasteiger partial charge in [-0.1, -0.05) is 48.5 Å². The average Bonchev–Trinajstić information content (AvgIpc) is 2.92. The largest absolute Gasteiger partial charge is 0.256 e. The van der Waals surface area contributed by atoms with Crippen LogP contribution in [0.4, 0.5) is 0 Å². The van der Waals surface area contributed by atoms with Crippen LogP contribution in [0.2, 0.25) is 0 Å². The fraction of sp³-hybridized carbons (Fsp3) is 0. The third-order valence-corrected chi connectivity index (χ3v) is 6.21. The molecule has 0 amide bonds. The van der Waals surface area contributed by atoms with Crippen LogP contribution in [0, 0.1) is 22.7 Å². The Kier molecular flexibility index (Phi) is 4.51. The molecule has 0 aliphatic carbocycles. The van der Waals surface area contributed by atoms with E-state index in [1.165, 1.54) is 0 Å². The van der Waals surface area contributed by atoms with E-state index in [2.05, 4.69) is 82.8 Å². The lowest BCUT2D eigenvalue weighted by Crippen LogP contribution is -1.89. The predicted molar refractivity (Wildman–Crippen MR) is 135 cm³/mol. The van der Waals surface area contributed by atoms with E-state index in [-0.39, 0.29) is 0 Å². The van der Waals surface area contributed by atoms with Gasteiger partial charge in [-0.3, -0.25) is 9.97 Å². The molecular formula is C30H16N4. The summed E-state index contributed by atoms with van der Waals surface area (Å²) in [4.78, 5) is 8.97. The lowest BCUT2D eigenvalue weighted by Gasteiger charge is -2.13. The number of pyridine rings is 2. The van der Waals surface area contributed by atoms with Crippen LogP contribution in [-0.2, 0) is 0 Å². The van der Waals surface area contributed by atoms with Crippen LogP contribution in [0.3, 0.4) is 0 Å². The molecule has 4 nitrogen and oxygen atoms in total. The summed E-state index contributed by atoms with van der Waals surface area (Å²) in [5.74, 6) is 0. The summed E-state index contributed by atoms with van der Waals surface area (Å²) in [6, 6.07) is 32.5. The van der Waals surface area contributed by atoms with Crippen molar-refractivity contribution >= 4 is 32.3 Å². The molecule has 0 saturated carbocycles. The van der Waals surface area contributed by atoms with Crippen molar-refractivity contribution in [2.75, 3.05) is 0 Å². The van der Waals surface area contributed by atoms with Crippen LogP contribution in [0.15, 0.2) is 97.3 Å². The highest BCUT2D eigenvalue weighted by molar-refractivity contribution is 6.26. The van der Waals surface area contributed by atoms with Gasteiger partial charge in [0.2, 0.25) is 0 Å². The Hall–Kier alpha value is -5.06. The van der Waals surface area contributed by atoms with Crippen molar-refractivity contribution in [1.29, 1.82) is 10.5 Å². The number of hydrogen-bond acceptors (Lipinski definition) is 4. The second-order valence-electron chi connectivity index (χ2n) is 8.15. The van der Waals surface area contributed by atoms with E-state index in [4.69, 9.17) is 0 Å². The van der Waals surface area contributed by atoms with E-state index in [0.717, 1.165) is 54.8 Å². The molecule has 0 spiro atoms. The number of rotatable bonds is 2. The van der Waals surface area contributed by atoms with E-state index >= 15 is 0 Å². The van der Waals surface area contributed by atoms with Gasteiger partial charge in [-0.05, 0) is 68.7 Å². The molecule has 2 aromatic heterocycles. The topological polar surface area (TPSA) is 73.4 Å². The summed E-state index contributed by atoms with van der Waals surface area (Å²) in [6.07, 6.45) is 3.35. The maximum absolute atomic E-state index is 9.28. The molecule has 0 aliphatic rings. The van der Waals surface area contributed by atoms with Gasteiger partial charge in [-0.15, -0.1) is 0 Å². The van der Waals surface area contributed by atoms with Gasteiger partial charge in [0.1, 0.15) is 0 Å². The van der Waals surface area contributed by atoms with Crippen LogP contribution >= 0.6 is 0 Å². The fourth-order valence-corrected chi connectivity index (χ4v) is 4.59. The first-order valence-electron chi connectivity index (χ1n) is 10.9. The van der Waals surface area contributed by atoms with Gasteiger partial charge in [-0.2, -0.15) is 10.5 Å². The molecule has 0 aliphatic heterocycles. The predicted octanol–water partition coefficient (Wildman–Crippen LogP) is 7.01. The molecule has 0 saturated heterocycles. The average molecular weight is 432 g/mol. The van der Waals surface area contributed by atoms with Gasteiger partial charge in [0.05, 0.1) is 34.7 Å². The van der Waals surface area contributed by atoms with Gasteiger partial charge in [0.25, 0.3) is 0 Å². The third-order valence-electron chi connectivity index (χ3n) is 6.21. The summed E-state index contributed by atoms with van der Waals surface area (Å²) in [5, 5.41) is 25.4. The van der Waals surface area contributed by atoms with Crippen molar-refractivity contribution in [2.45, 2.75) is 0 Å². The number of benzene rings is 4. The van der Waals surface area contributed by atoms with Crippen LogP contribution < -0.4 is 0 Å². The smallest absolute Gasteiger partial charge is 0.0992 e. The Bertz CT molecular complexity index is 1680. The van der Waals surface area contributed by atoms with E-state index in [0.29, 0.717) is 11.1 Å². The lowest BCUT2D eigenvalue weighted by molar-refractivity contribution is 1.31. The zero-order chi connectivity index (χ0) is 23.1. The molecule has 0 atom stereocenters. The van der Waals surface area contributed by atoms with Crippen LogP contribution in [0.25, 0.3) is 54.8 Å². The maximum atomic E-state index is 9.28. The number of hydrogen-bond donors (Lipinski definition) is 0. The minimum atomic E-state index is 0.593. The van der Waals surface area contributed by atoms with Crippen LogP contribution in [-0.4, -0.2) is 9.97 Å². The molecule has 4 aromatic carbocycles. The van der Waals surface area contributed by atoms with Crippen molar-refractivity contribution < 1.29 is 0 Å². The minimum absolute atomic E-state index is 0.593. The summed E-state index contributed by atoms with van der Waals surface area (Å²) in [6.45, 7) is 0. The molecular weight excluding hydrogens is 416 g/mol. The molecule has 0 bridgehead atoms. The van der Waals surface area contributed by atoms with Crippen LogP contribution in [0.1, 0.15) is 11.1 Å². The zero-order valence-electron chi connectivity index (χ0n) is 18.0. The quantitative estimate of drug-likeness (QED) is 0.276. The molecule has 0 N–H and O–H groups in total. The Morgan fingerprint density at radius 2 is 0.912 bits per heavy atom. The van der Waals surface area contributed by atoms with E-state index < -0.39 is 0 Å². The highest BCUT2D eigenvalue weighted by Crippen LogP contribution is 2.38. The summed E-state index contributed by atoms with van der Waals surface area (Å²) in [7, 11) is 0. The van der Waals surface area contributed by atoms with E-state index in [1.54, 1.807) is 24.5 Å². The van der Waals surface area contributed by atoms with Crippen molar-refractivity contribution in [3.63, 3.8) is 0 Å². The SMILES string of the molecule is N#Cc1ccnc(-c2ccc3c4ccc(-c5cc(C#N)ccn5)cc4c4ccccc4c3c2)c1. The standard InChI is InChI=1S/C30H16N4/c31-17-19-9-11-33-29(13-19)21-5-7-25-26-8-6-22(30-14-20(18-32)10-12-34-30)16-28(26)24-4-2-1-3-23(24)27(25)15-21/h1-16H. The molecule has 6 aromatic rings. The Labute approximate surface area is 196 Å². The zero-order valence-corrected chi connectivity index (χ0v) is 18.0. The molecule has 4 heteroatoms. The molecule has 2 heterocycles. The van der Waals surface area contributed by atoms with E-state index in [9.17, 15) is 10.5 Å². The minimum Gasteiger partial charge on any atom is -0.256 e. The molecule has 0 fully saturated rings. The van der Waals surface area contributed by atoms with Crippen LogP contribution in [0.5, 0.6) is 0 Å². The highest BCUT2D eigenvalue weighted by atomic mass is 14.7. The first-order chi connectivity index (χ1) is 16.7. The lowest BCUT2D eigenvalue weighted by atomic mass is 9.91. The van der Waals surface area contributed by atoms with Crippen molar-refractivity contribution in [2.24, 2.45) is 0 Å². The van der Waals surface area contributed by atoms with Gasteiger partial charge in [0.15, 0.2) is 0 Å². The number of aromatic nitrogens is 2. The van der Waals surface area contributed by atoms with Gasteiger partial charge >= 0.3 is 0 Å². The third kappa shape index (κ3) is 3.14. The Morgan fingerprint density at radius 1 is 0.471 bits per heavy atom. The maximum Gasteiger partial charge on any atom is 0.0992 e. The fourth-order valence-electron chi connectivity index (χ4n) is 4.59. The van der Waals surface area contributed by atoms with Gasteiger partial charge in [-0.25, -0.2) is 0 Å². The first-order valence-corrected chi connectivity index (χ1v) is 10.9.